The second-order valence-corrected chi connectivity index (χ2v) is 5.76. The number of esters is 1. The predicted octanol–water partition coefficient (Wildman–Crippen LogP) is 3.25. The molecule has 0 saturated carbocycles. The van der Waals surface area contributed by atoms with E-state index in [1.165, 1.54) is 30.5 Å². The Bertz CT molecular complexity index is 661. The lowest BCUT2D eigenvalue weighted by Crippen LogP contribution is -2.07. The van der Waals surface area contributed by atoms with Gasteiger partial charge in [0.1, 0.15) is 5.69 Å². The number of fused-ring (bicyclic) bond motifs is 1. The summed E-state index contributed by atoms with van der Waals surface area (Å²) in [5.74, 6) is -0.291. The molecule has 116 valence electrons. The molecular weight excluding hydrogens is 276 g/mol. The Kier molecular flexibility index (Phi) is 4.56. The molecule has 4 heteroatoms. The van der Waals surface area contributed by atoms with Crippen molar-refractivity contribution < 1.29 is 9.53 Å². The summed E-state index contributed by atoms with van der Waals surface area (Å²) in [6.07, 6.45) is 8.47. The van der Waals surface area contributed by atoms with Crippen molar-refractivity contribution in [2.45, 2.75) is 45.4 Å². The topological polar surface area (TPSA) is 55.0 Å². The van der Waals surface area contributed by atoms with E-state index in [-0.39, 0.29) is 5.97 Å². The van der Waals surface area contributed by atoms with E-state index in [1.807, 2.05) is 19.2 Å². The molecule has 2 aromatic rings. The standard InChI is InChI=1S/C18H22N2O2/c1-2-22-18(21)17-11-13(12-19-17)7-9-15-10-8-14-5-3-4-6-16(14)20-15/h8,10-12,19H,2-7,9H2,1H3. The molecule has 4 nitrogen and oxygen atoms in total. The number of ether oxygens (including phenoxy) is 1. The first-order valence-corrected chi connectivity index (χ1v) is 8.08. The second-order valence-electron chi connectivity index (χ2n) is 5.76. The monoisotopic (exact) mass is 298 g/mol. The Morgan fingerprint density at radius 1 is 1.27 bits per heavy atom. The van der Waals surface area contributed by atoms with Crippen molar-refractivity contribution in [3.63, 3.8) is 0 Å². The van der Waals surface area contributed by atoms with E-state index in [1.54, 1.807) is 0 Å². The first kappa shape index (κ1) is 14.8. The van der Waals surface area contributed by atoms with Crippen molar-refractivity contribution in [2.75, 3.05) is 6.61 Å². The van der Waals surface area contributed by atoms with Crippen LogP contribution in [0, 0.1) is 0 Å². The SMILES string of the molecule is CCOC(=O)c1cc(CCc2ccc3c(n2)CCCC3)c[nH]1. The van der Waals surface area contributed by atoms with Crippen molar-refractivity contribution in [1.82, 2.24) is 9.97 Å². The van der Waals surface area contributed by atoms with Gasteiger partial charge >= 0.3 is 5.97 Å². The molecule has 0 atom stereocenters. The molecule has 0 spiro atoms. The summed E-state index contributed by atoms with van der Waals surface area (Å²) in [6.45, 7) is 2.20. The van der Waals surface area contributed by atoms with Crippen molar-refractivity contribution >= 4 is 5.97 Å². The smallest absolute Gasteiger partial charge is 0.354 e. The van der Waals surface area contributed by atoms with E-state index in [9.17, 15) is 4.79 Å². The maximum Gasteiger partial charge on any atom is 0.354 e. The number of carbonyl (C=O) groups is 1. The van der Waals surface area contributed by atoms with Crippen molar-refractivity contribution in [1.29, 1.82) is 0 Å². The lowest BCUT2D eigenvalue weighted by Gasteiger charge is -2.15. The van der Waals surface area contributed by atoms with Crippen LogP contribution in [0.5, 0.6) is 0 Å². The van der Waals surface area contributed by atoms with Gasteiger partial charge in [-0.05, 0) is 68.7 Å². The average molecular weight is 298 g/mol. The highest BCUT2D eigenvalue weighted by Crippen LogP contribution is 2.20. The van der Waals surface area contributed by atoms with Gasteiger partial charge in [-0.15, -0.1) is 0 Å². The minimum atomic E-state index is -0.291. The summed E-state index contributed by atoms with van der Waals surface area (Å²) < 4.78 is 4.98. The minimum absolute atomic E-state index is 0.291. The van der Waals surface area contributed by atoms with Crippen molar-refractivity contribution in [3.05, 3.63) is 52.6 Å². The van der Waals surface area contributed by atoms with Gasteiger partial charge in [-0.1, -0.05) is 6.07 Å². The zero-order chi connectivity index (χ0) is 15.4. The molecule has 0 aliphatic heterocycles. The number of nitrogens with zero attached hydrogens (tertiary/aromatic N) is 1. The Morgan fingerprint density at radius 3 is 3.00 bits per heavy atom. The van der Waals surface area contributed by atoms with Crippen LogP contribution in [0.1, 0.15) is 52.8 Å². The zero-order valence-corrected chi connectivity index (χ0v) is 13.0. The van der Waals surface area contributed by atoms with Gasteiger partial charge in [0.2, 0.25) is 0 Å². The van der Waals surface area contributed by atoms with E-state index in [4.69, 9.17) is 9.72 Å². The van der Waals surface area contributed by atoms with E-state index in [0.717, 1.165) is 30.5 Å². The van der Waals surface area contributed by atoms with E-state index in [0.29, 0.717) is 12.3 Å². The van der Waals surface area contributed by atoms with Crippen LogP contribution in [0.3, 0.4) is 0 Å². The lowest BCUT2D eigenvalue weighted by atomic mass is 9.95. The third-order valence-corrected chi connectivity index (χ3v) is 4.14. The van der Waals surface area contributed by atoms with Gasteiger partial charge in [0.15, 0.2) is 0 Å². The fraction of sp³-hybridized carbons (Fsp3) is 0.444. The van der Waals surface area contributed by atoms with Gasteiger partial charge in [-0.3, -0.25) is 4.98 Å². The fourth-order valence-electron chi connectivity index (χ4n) is 2.95. The van der Waals surface area contributed by atoms with E-state index in [2.05, 4.69) is 17.1 Å². The second kappa shape index (κ2) is 6.77. The molecule has 0 radical (unpaired) electrons. The number of aromatic amines is 1. The number of pyridine rings is 1. The summed E-state index contributed by atoms with van der Waals surface area (Å²) in [5.41, 5.74) is 5.48. The Balaban J connectivity index is 1.62. The van der Waals surface area contributed by atoms with Gasteiger partial charge in [-0.2, -0.15) is 0 Å². The molecule has 1 aliphatic rings. The van der Waals surface area contributed by atoms with Crippen LogP contribution in [-0.4, -0.2) is 22.5 Å². The molecule has 2 aromatic heterocycles. The van der Waals surface area contributed by atoms with Crippen LogP contribution in [-0.2, 0) is 30.4 Å². The molecule has 0 aromatic carbocycles. The number of aryl methyl sites for hydroxylation is 4. The maximum absolute atomic E-state index is 11.6. The fourth-order valence-corrected chi connectivity index (χ4v) is 2.95. The van der Waals surface area contributed by atoms with Crippen LogP contribution in [0.15, 0.2) is 24.4 Å². The molecule has 1 aliphatic carbocycles. The number of nitrogens with one attached hydrogen (secondary N) is 1. The molecule has 0 bridgehead atoms. The van der Waals surface area contributed by atoms with Gasteiger partial charge < -0.3 is 9.72 Å². The molecule has 0 amide bonds. The third kappa shape index (κ3) is 3.38. The number of carbonyl (C=O) groups excluding carboxylic acids is 1. The lowest BCUT2D eigenvalue weighted by molar-refractivity contribution is 0.0520. The predicted molar refractivity (Wildman–Crippen MR) is 85.0 cm³/mol. The molecule has 1 N–H and O–H groups in total. The number of aromatic nitrogens is 2. The summed E-state index contributed by atoms with van der Waals surface area (Å²) in [6, 6.07) is 6.25. The van der Waals surface area contributed by atoms with Crippen molar-refractivity contribution in [2.24, 2.45) is 0 Å². The van der Waals surface area contributed by atoms with Crippen LogP contribution in [0.25, 0.3) is 0 Å². The summed E-state index contributed by atoms with van der Waals surface area (Å²) in [7, 11) is 0. The highest BCUT2D eigenvalue weighted by molar-refractivity contribution is 5.87. The largest absolute Gasteiger partial charge is 0.461 e. The van der Waals surface area contributed by atoms with E-state index >= 15 is 0 Å². The summed E-state index contributed by atoms with van der Waals surface area (Å²) >= 11 is 0. The van der Waals surface area contributed by atoms with Crippen LogP contribution in [0.2, 0.25) is 0 Å². The Hall–Kier alpha value is -2.10. The average Bonchev–Trinajstić information content (AvgIpc) is 3.02. The summed E-state index contributed by atoms with van der Waals surface area (Å²) in [4.78, 5) is 19.4. The molecular formula is C18H22N2O2. The molecule has 2 heterocycles. The Labute approximate surface area is 130 Å². The molecule has 0 fully saturated rings. The zero-order valence-electron chi connectivity index (χ0n) is 13.0. The van der Waals surface area contributed by atoms with Crippen molar-refractivity contribution in [3.8, 4) is 0 Å². The normalized spacial score (nSPS) is 13.7. The highest BCUT2D eigenvalue weighted by Gasteiger charge is 2.12. The third-order valence-electron chi connectivity index (χ3n) is 4.14. The van der Waals surface area contributed by atoms with Gasteiger partial charge in [0, 0.05) is 17.6 Å². The number of H-pyrrole nitrogens is 1. The maximum atomic E-state index is 11.6. The van der Waals surface area contributed by atoms with Gasteiger partial charge in [0.05, 0.1) is 6.61 Å². The quantitative estimate of drug-likeness (QED) is 0.862. The molecule has 3 rings (SSSR count). The van der Waals surface area contributed by atoms with Gasteiger partial charge in [-0.25, -0.2) is 4.79 Å². The number of hydrogen-bond acceptors (Lipinski definition) is 3. The number of hydrogen-bond donors (Lipinski definition) is 1. The highest BCUT2D eigenvalue weighted by atomic mass is 16.5. The van der Waals surface area contributed by atoms with Crippen LogP contribution >= 0.6 is 0 Å². The summed E-state index contributed by atoms with van der Waals surface area (Å²) in [5, 5.41) is 0. The molecule has 0 unspecified atom stereocenters. The Morgan fingerprint density at radius 2 is 2.14 bits per heavy atom. The first-order valence-electron chi connectivity index (χ1n) is 8.08. The van der Waals surface area contributed by atoms with Gasteiger partial charge in [0.25, 0.3) is 0 Å². The number of rotatable bonds is 5. The molecule has 22 heavy (non-hydrogen) atoms. The van der Waals surface area contributed by atoms with E-state index < -0.39 is 0 Å². The van der Waals surface area contributed by atoms with Crippen LogP contribution in [0.4, 0.5) is 0 Å². The molecule has 0 saturated heterocycles. The first-order chi connectivity index (χ1) is 10.8. The van der Waals surface area contributed by atoms with Crippen LogP contribution < -0.4 is 0 Å². The minimum Gasteiger partial charge on any atom is -0.461 e.